The van der Waals surface area contributed by atoms with Crippen LogP contribution in [0.5, 0.6) is 5.75 Å². The average molecular weight is 291 g/mol. The summed E-state index contributed by atoms with van der Waals surface area (Å²) < 4.78 is 27.2. The molecule has 0 aliphatic carbocycles. The molecule has 3 nitrogen and oxygen atoms in total. The lowest BCUT2D eigenvalue weighted by molar-refractivity contribution is 0.305. The van der Waals surface area contributed by atoms with Gasteiger partial charge in [-0.1, -0.05) is 12.1 Å². The molecule has 0 fully saturated rings. The highest BCUT2D eigenvalue weighted by atomic mass is 35.7. The zero-order valence-corrected chi connectivity index (χ0v) is 12.6. The molecule has 102 valence electrons. The lowest BCUT2D eigenvalue weighted by Crippen LogP contribution is -2.04. The van der Waals surface area contributed by atoms with Crippen LogP contribution in [-0.2, 0) is 9.05 Å². The van der Waals surface area contributed by atoms with Crippen molar-refractivity contribution in [3.8, 4) is 5.75 Å². The highest BCUT2D eigenvalue weighted by Crippen LogP contribution is 2.25. The Morgan fingerprint density at radius 2 is 1.72 bits per heavy atom. The van der Waals surface area contributed by atoms with Crippen molar-refractivity contribution in [1.82, 2.24) is 0 Å². The molecule has 0 bridgehead atoms. The van der Waals surface area contributed by atoms with E-state index in [-0.39, 0.29) is 5.75 Å². The molecule has 0 saturated carbocycles. The average Bonchev–Trinajstić information content (AvgIpc) is 2.26. The molecule has 18 heavy (non-hydrogen) atoms. The van der Waals surface area contributed by atoms with Crippen molar-refractivity contribution in [1.29, 1.82) is 0 Å². The van der Waals surface area contributed by atoms with Gasteiger partial charge in [0.1, 0.15) is 5.75 Å². The Bertz CT molecular complexity index is 509. The molecule has 1 rings (SSSR count). The minimum absolute atomic E-state index is 0.00367. The predicted molar refractivity (Wildman–Crippen MR) is 75.0 cm³/mol. The normalized spacial score (nSPS) is 11.6. The molecule has 5 heteroatoms. The van der Waals surface area contributed by atoms with E-state index in [9.17, 15) is 8.42 Å². The molecular formula is C13H19ClO3S. The van der Waals surface area contributed by atoms with Gasteiger partial charge in [0.15, 0.2) is 0 Å². The minimum atomic E-state index is -3.38. The molecule has 0 aliphatic heterocycles. The highest BCUT2D eigenvalue weighted by molar-refractivity contribution is 8.13. The van der Waals surface area contributed by atoms with Gasteiger partial charge in [-0.15, -0.1) is 0 Å². The van der Waals surface area contributed by atoms with E-state index in [1.807, 2.05) is 26.8 Å². The quantitative estimate of drug-likeness (QED) is 0.596. The molecule has 0 amide bonds. The van der Waals surface area contributed by atoms with Gasteiger partial charge in [-0.25, -0.2) is 8.42 Å². The third-order valence-corrected chi connectivity index (χ3v) is 4.14. The van der Waals surface area contributed by atoms with Crippen LogP contribution in [-0.4, -0.2) is 20.8 Å². The number of hydrogen-bond donors (Lipinski definition) is 0. The van der Waals surface area contributed by atoms with Crippen LogP contribution in [0, 0.1) is 20.8 Å². The first kappa shape index (κ1) is 15.3. The van der Waals surface area contributed by atoms with Gasteiger partial charge < -0.3 is 4.74 Å². The molecule has 0 aromatic heterocycles. The Kier molecular flexibility index (Phi) is 5.47. The maximum Gasteiger partial charge on any atom is 0.232 e. The SMILES string of the molecule is Cc1ccc(C)c(OCCCCS(=O)(=O)Cl)c1C. The van der Waals surface area contributed by atoms with E-state index in [2.05, 4.69) is 6.07 Å². The second kappa shape index (κ2) is 6.43. The Morgan fingerprint density at radius 1 is 1.11 bits per heavy atom. The Hall–Kier alpha value is -0.740. The summed E-state index contributed by atoms with van der Waals surface area (Å²) in [5.74, 6) is 0.910. The molecule has 0 atom stereocenters. The van der Waals surface area contributed by atoms with Gasteiger partial charge >= 0.3 is 0 Å². The summed E-state index contributed by atoms with van der Waals surface area (Å²) in [4.78, 5) is 0. The summed E-state index contributed by atoms with van der Waals surface area (Å²) in [5, 5.41) is 0. The van der Waals surface area contributed by atoms with Gasteiger partial charge in [0.05, 0.1) is 12.4 Å². The van der Waals surface area contributed by atoms with Crippen LogP contribution in [0.25, 0.3) is 0 Å². The maximum atomic E-state index is 10.7. The summed E-state index contributed by atoms with van der Waals surface area (Å²) in [6.07, 6.45) is 1.20. The molecule has 0 aliphatic rings. The standard InChI is InChI=1S/C13H19ClO3S/c1-10-6-7-11(2)13(12(10)3)17-8-4-5-9-18(14,15)16/h6-7H,4-5,8-9H2,1-3H3. The van der Waals surface area contributed by atoms with Gasteiger partial charge in [-0.05, 0) is 50.3 Å². The molecular weight excluding hydrogens is 272 g/mol. The van der Waals surface area contributed by atoms with E-state index in [1.165, 1.54) is 5.56 Å². The minimum Gasteiger partial charge on any atom is -0.493 e. The molecule has 0 spiro atoms. The van der Waals surface area contributed by atoms with Crippen molar-refractivity contribution in [2.24, 2.45) is 0 Å². The Labute approximate surface area is 114 Å². The molecule has 1 aromatic rings. The fourth-order valence-corrected chi connectivity index (χ4v) is 2.57. The van der Waals surface area contributed by atoms with Gasteiger partial charge in [0.25, 0.3) is 0 Å². The van der Waals surface area contributed by atoms with Crippen LogP contribution in [0.15, 0.2) is 12.1 Å². The smallest absolute Gasteiger partial charge is 0.232 e. The Morgan fingerprint density at radius 3 is 2.33 bits per heavy atom. The van der Waals surface area contributed by atoms with Crippen LogP contribution >= 0.6 is 10.7 Å². The number of halogens is 1. The van der Waals surface area contributed by atoms with E-state index in [1.54, 1.807) is 0 Å². The highest BCUT2D eigenvalue weighted by Gasteiger charge is 2.07. The van der Waals surface area contributed by atoms with Crippen molar-refractivity contribution in [2.75, 3.05) is 12.4 Å². The monoisotopic (exact) mass is 290 g/mol. The number of ether oxygens (including phenoxy) is 1. The van der Waals surface area contributed by atoms with E-state index >= 15 is 0 Å². The van der Waals surface area contributed by atoms with Crippen molar-refractivity contribution in [2.45, 2.75) is 33.6 Å². The molecule has 0 radical (unpaired) electrons. The van der Waals surface area contributed by atoms with Crippen LogP contribution in [0.3, 0.4) is 0 Å². The lowest BCUT2D eigenvalue weighted by atomic mass is 10.1. The molecule has 0 saturated heterocycles. The van der Waals surface area contributed by atoms with Crippen LogP contribution < -0.4 is 4.74 Å². The van der Waals surface area contributed by atoms with Crippen molar-refractivity contribution in [3.63, 3.8) is 0 Å². The second-order valence-electron chi connectivity index (χ2n) is 4.45. The van der Waals surface area contributed by atoms with Crippen molar-refractivity contribution < 1.29 is 13.2 Å². The fraction of sp³-hybridized carbons (Fsp3) is 0.538. The number of aryl methyl sites for hydroxylation is 2. The summed E-state index contributed by atoms with van der Waals surface area (Å²) >= 11 is 0. The predicted octanol–water partition coefficient (Wildman–Crippen LogP) is 3.34. The number of rotatable bonds is 6. The van der Waals surface area contributed by atoms with E-state index < -0.39 is 9.05 Å². The summed E-state index contributed by atoms with van der Waals surface area (Å²) in [6.45, 7) is 6.59. The fourth-order valence-electron chi connectivity index (χ4n) is 1.70. The summed E-state index contributed by atoms with van der Waals surface area (Å²) in [7, 11) is 1.76. The third-order valence-electron chi connectivity index (χ3n) is 2.90. The molecule has 0 heterocycles. The molecule has 0 N–H and O–H groups in total. The van der Waals surface area contributed by atoms with Gasteiger partial charge in [-0.2, -0.15) is 0 Å². The Balaban J connectivity index is 2.47. The molecule has 0 unspecified atom stereocenters. The molecule has 1 aromatic carbocycles. The van der Waals surface area contributed by atoms with Crippen LogP contribution in [0.4, 0.5) is 0 Å². The van der Waals surface area contributed by atoms with Gasteiger partial charge in [0, 0.05) is 10.7 Å². The lowest BCUT2D eigenvalue weighted by Gasteiger charge is -2.13. The maximum absolute atomic E-state index is 10.7. The van der Waals surface area contributed by atoms with E-state index in [4.69, 9.17) is 15.4 Å². The first-order chi connectivity index (χ1) is 8.31. The zero-order valence-electron chi connectivity index (χ0n) is 11.0. The second-order valence-corrected chi connectivity index (χ2v) is 7.35. The third kappa shape index (κ3) is 4.86. The van der Waals surface area contributed by atoms with E-state index in [0.717, 1.165) is 16.9 Å². The van der Waals surface area contributed by atoms with Gasteiger partial charge in [-0.3, -0.25) is 0 Å². The summed E-state index contributed by atoms with van der Waals surface area (Å²) in [5.41, 5.74) is 3.43. The zero-order chi connectivity index (χ0) is 13.8. The van der Waals surface area contributed by atoms with Crippen molar-refractivity contribution in [3.05, 3.63) is 28.8 Å². The first-order valence-electron chi connectivity index (χ1n) is 5.93. The number of hydrogen-bond acceptors (Lipinski definition) is 3. The van der Waals surface area contributed by atoms with E-state index in [0.29, 0.717) is 19.4 Å². The summed E-state index contributed by atoms with van der Waals surface area (Å²) in [6, 6.07) is 4.10. The first-order valence-corrected chi connectivity index (χ1v) is 8.41. The van der Waals surface area contributed by atoms with Crippen LogP contribution in [0.2, 0.25) is 0 Å². The number of unbranched alkanes of at least 4 members (excludes halogenated alkanes) is 1. The van der Waals surface area contributed by atoms with Gasteiger partial charge in [0.2, 0.25) is 9.05 Å². The van der Waals surface area contributed by atoms with Crippen LogP contribution in [0.1, 0.15) is 29.5 Å². The van der Waals surface area contributed by atoms with Crippen molar-refractivity contribution >= 4 is 19.7 Å². The largest absolute Gasteiger partial charge is 0.493 e. The number of benzene rings is 1. The topological polar surface area (TPSA) is 43.4 Å².